The van der Waals surface area contributed by atoms with E-state index in [0.29, 0.717) is 5.88 Å². The molecule has 0 spiro atoms. The molecule has 88 valence electrons. The van der Waals surface area contributed by atoms with E-state index in [4.69, 9.17) is 11.6 Å². The van der Waals surface area contributed by atoms with E-state index in [1.54, 1.807) is 0 Å². The predicted octanol–water partition coefficient (Wildman–Crippen LogP) is 3.59. The van der Waals surface area contributed by atoms with Gasteiger partial charge in [-0.15, -0.1) is 11.6 Å². The molecule has 1 nitrogen and oxygen atoms in total. The standard InChI is InChI=1S/C13H24ClN/c1-12-4-6-13(7-5-12)8-11-15-10-3-2-9-14/h2-3,12-13,15H,4-11H2,1H3/b3-2+. The van der Waals surface area contributed by atoms with Gasteiger partial charge in [-0.05, 0) is 24.8 Å². The third-order valence-electron chi connectivity index (χ3n) is 3.38. The van der Waals surface area contributed by atoms with Crippen molar-refractivity contribution in [1.82, 2.24) is 5.32 Å². The van der Waals surface area contributed by atoms with Gasteiger partial charge in [0, 0.05) is 12.4 Å². The summed E-state index contributed by atoms with van der Waals surface area (Å²) in [6.45, 7) is 4.51. The van der Waals surface area contributed by atoms with Crippen molar-refractivity contribution in [2.75, 3.05) is 19.0 Å². The molecule has 0 heterocycles. The van der Waals surface area contributed by atoms with Gasteiger partial charge < -0.3 is 5.32 Å². The number of nitrogens with one attached hydrogen (secondary N) is 1. The van der Waals surface area contributed by atoms with Gasteiger partial charge in [-0.3, -0.25) is 0 Å². The van der Waals surface area contributed by atoms with Crippen molar-refractivity contribution in [3.63, 3.8) is 0 Å². The Kier molecular flexibility index (Phi) is 7.12. The largest absolute Gasteiger partial charge is 0.313 e. The summed E-state index contributed by atoms with van der Waals surface area (Å²) in [5.41, 5.74) is 0. The van der Waals surface area contributed by atoms with E-state index in [0.717, 1.165) is 24.9 Å². The molecule has 1 saturated carbocycles. The lowest BCUT2D eigenvalue weighted by atomic mass is 9.81. The number of allylic oxidation sites excluding steroid dienone is 1. The molecule has 0 unspecified atom stereocenters. The fraction of sp³-hybridized carbons (Fsp3) is 0.846. The fourth-order valence-electron chi connectivity index (χ4n) is 2.26. The van der Waals surface area contributed by atoms with Crippen LogP contribution in [0.15, 0.2) is 12.2 Å². The quantitative estimate of drug-likeness (QED) is 0.417. The zero-order valence-corrected chi connectivity index (χ0v) is 10.6. The molecule has 1 rings (SSSR count). The van der Waals surface area contributed by atoms with E-state index in [1.807, 2.05) is 6.08 Å². The highest BCUT2D eigenvalue weighted by atomic mass is 35.5. The van der Waals surface area contributed by atoms with Gasteiger partial charge in [0.05, 0.1) is 0 Å². The van der Waals surface area contributed by atoms with E-state index in [9.17, 15) is 0 Å². The summed E-state index contributed by atoms with van der Waals surface area (Å²) in [7, 11) is 0. The maximum atomic E-state index is 5.54. The first kappa shape index (κ1) is 13.1. The molecule has 0 radical (unpaired) electrons. The average Bonchev–Trinajstić information content (AvgIpc) is 2.26. The molecule has 0 aromatic heterocycles. The first-order valence-corrected chi connectivity index (χ1v) is 6.78. The van der Waals surface area contributed by atoms with Crippen LogP contribution in [0.2, 0.25) is 0 Å². The molecule has 0 saturated heterocycles. The van der Waals surface area contributed by atoms with Crippen LogP contribution in [0.25, 0.3) is 0 Å². The summed E-state index contributed by atoms with van der Waals surface area (Å²) < 4.78 is 0. The summed E-state index contributed by atoms with van der Waals surface area (Å²) in [5.74, 6) is 2.58. The van der Waals surface area contributed by atoms with Gasteiger partial charge in [0.1, 0.15) is 0 Å². The molecule has 1 aliphatic carbocycles. The summed E-state index contributed by atoms with van der Waals surface area (Å²) >= 11 is 5.54. The molecular formula is C13H24ClN. The van der Waals surface area contributed by atoms with Crippen LogP contribution in [0.4, 0.5) is 0 Å². The summed E-state index contributed by atoms with van der Waals surface area (Å²) in [6, 6.07) is 0. The second kappa shape index (κ2) is 8.18. The third-order valence-corrected chi connectivity index (χ3v) is 3.56. The average molecular weight is 230 g/mol. The predicted molar refractivity (Wildman–Crippen MR) is 68.5 cm³/mol. The minimum Gasteiger partial charge on any atom is -0.313 e. The Balaban J connectivity index is 1.94. The molecular weight excluding hydrogens is 206 g/mol. The van der Waals surface area contributed by atoms with Crippen molar-refractivity contribution >= 4 is 11.6 Å². The van der Waals surface area contributed by atoms with Crippen molar-refractivity contribution < 1.29 is 0 Å². The van der Waals surface area contributed by atoms with Crippen LogP contribution in [-0.2, 0) is 0 Å². The summed E-state index contributed by atoms with van der Waals surface area (Å²) in [4.78, 5) is 0. The van der Waals surface area contributed by atoms with Gasteiger partial charge >= 0.3 is 0 Å². The van der Waals surface area contributed by atoms with Crippen LogP contribution in [0.5, 0.6) is 0 Å². The van der Waals surface area contributed by atoms with Gasteiger partial charge in [0.15, 0.2) is 0 Å². The molecule has 0 atom stereocenters. The number of hydrogen-bond acceptors (Lipinski definition) is 1. The minimum atomic E-state index is 0.627. The number of rotatable bonds is 6. The lowest BCUT2D eigenvalue weighted by Crippen LogP contribution is -2.20. The number of halogens is 1. The Labute approximate surface area is 99.3 Å². The SMILES string of the molecule is CC1CCC(CCNC/C=C/CCl)CC1. The molecule has 1 aliphatic rings. The maximum absolute atomic E-state index is 5.54. The van der Waals surface area contributed by atoms with Crippen LogP contribution in [-0.4, -0.2) is 19.0 Å². The van der Waals surface area contributed by atoms with Crippen LogP contribution in [0.1, 0.15) is 39.0 Å². The topological polar surface area (TPSA) is 12.0 Å². The highest BCUT2D eigenvalue weighted by Gasteiger charge is 2.17. The third kappa shape index (κ3) is 6.21. The molecule has 0 bridgehead atoms. The van der Waals surface area contributed by atoms with Crippen molar-refractivity contribution in [1.29, 1.82) is 0 Å². The molecule has 2 heteroatoms. The zero-order chi connectivity index (χ0) is 10.9. The molecule has 1 fully saturated rings. The van der Waals surface area contributed by atoms with Crippen molar-refractivity contribution in [3.05, 3.63) is 12.2 Å². The minimum absolute atomic E-state index is 0.627. The van der Waals surface area contributed by atoms with Crippen molar-refractivity contribution in [3.8, 4) is 0 Å². The molecule has 0 aromatic rings. The fourth-order valence-corrected chi connectivity index (χ4v) is 2.38. The molecule has 0 aromatic carbocycles. The van der Waals surface area contributed by atoms with E-state index in [2.05, 4.69) is 18.3 Å². The normalized spacial score (nSPS) is 27.3. The highest BCUT2D eigenvalue weighted by Crippen LogP contribution is 2.29. The maximum Gasteiger partial charge on any atom is 0.0404 e. The lowest BCUT2D eigenvalue weighted by Gasteiger charge is -2.26. The van der Waals surface area contributed by atoms with Gasteiger partial charge in [0.2, 0.25) is 0 Å². The summed E-state index contributed by atoms with van der Waals surface area (Å²) in [6.07, 6.45) is 11.2. The van der Waals surface area contributed by atoms with Crippen molar-refractivity contribution in [2.45, 2.75) is 39.0 Å². The Hall–Kier alpha value is -0.0100. The molecule has 1 N–H and O–H groups in total. The first-order valence-electron chi connectivity index (χ1n) is 6.24. The van der Waals surface area contributed by atoms with E-state index in [-0.39, 0.29) is 0 Å². The van der Waals surface area contributed by atoms with E-state index in [1.165, 1.54) is 32.1 Å². The molecule has 15 heavy (non-hydrogen) atoms. The van der Waals surface area contributed by atoms with Gasteiger partial charge in [-0.1, -0.05) is 44.8 Å². The van der Waals surface area contributed by atoms with Gasteiger partial charge in [0.25, 0.3) is 0 Å². The smallest absolute Gasteiger partial charge is 0.0404 e. The Morgan fingerprint density at radius 3 is 2.60 bits per heavy atom. The van der Waals surface area contributed by atoms with Crippen molar-refractivity contribution in [2.24, 2.45) is 11.8 Å². The van der Waals surface area contributed by atoms with Crippen LogP contribution < -0.4 is 5.32 Å². The van der Waals surface area contributed by atoms with Gasteiger partial charge in [-0.2, -0.15) is 0 Å². The zero-order valence-electron chi connectivity index (χ0n) is 9.84. The van der Waals surface area contributed by atoms with Crippen LogP contribution in [0, 0.1) is 11.8 Å². The molecule has 0 amide bonds. The van der Waals surface area contributed by atoms with Crippen LogP contribution in [0.3, 0.4) is 0 Å². The van der Waals surface area contributed by atoms with E-state index < -0.39 is 0 Å². The van der Waals surface area contributed by atoms with Crippen LogP contribution >= 0.6 is 11.6 Å². The Morgan fingerprint density at radius 2 is 1.93 bits per heavy atom. The Morgan fingerprint density at radius 1 is 1.20 bits per heavy atom. The highest BCUT2D eigenvalue weighted by molar-refractivity contribution is 6.18. The van der Waals surface area contributed by atoms with E-state index >= 15 is 0 Å². The van der Waals surface area contributed by atoms with Gasteiger partial charge in [-0.25, -0.2) is 0 Å². The molecule has 0 aliphatic heterocycles. The second-order valence-electron chi connectivity index (χ2n) is 4.74. The lowest BCUT2D eigenvalue weighted by molar-refractivity contribution is 0.276. The Bertz CT molecular complexity index is 171. The monoisotopic (exact) mass is 229 g/mol. The summed E-state index contributed by atoms with van der Waals surface area (Å²) in [5, 5.41) is 3.43. The first-order chi connectivity index (χ1) is 7.33. The number of alkyl halides is 1. The second-order valence-corrected chi connectivity index (χ2v) is 5.05. The number of hydrogen-bond donors (Lipinski definition) is 1.